The Morgan fingerprint density at radius 1 is 1.40 bits per heavy atom. The summed E-state index contributed by atoms with van der Waals surface area (Å²) in [5.41, 5.74) is 0. The first-order valence-electron chi connectivity index (χ1n) is 5.31. The van der Waals surface area contributed by atoms with Gasteiger partial charge in [0.2, 0.25) is 5.78 Å². The van der Waals surface area contributed by atoms with Crippen molar-refractivity contribution in [2.24, 2.45) is 0 Å². The lowest BCUT2D eigenvalue weighted by Gasteiger charge is -2.04. The van der Waals surface area contributed by atoms with E-state index in [9.17, 15) is 18.0 Å². The highest BCUT2D eigenvalue weighted by Gasteiger charge is 2.35. The fraction of sp³-hybridized carbons (Fsp3) is 0.167. The first-order chi connectivity index (χ1) is 9.36. The zero-order valence-electron chi connectivity index (χ0n) is 9.78. The van der Waals surface area contributed by atoms with Gasteiger partial charge in [-0.25, -0.2) is 4.98 Å². The number of benzene rings is 1. The van der Waals surface area contributed by atoms with Crippen LogP contribution in [-0.2, 0) is 6.18 Å². The van der Waals surface area contributed by atoms with E-state index in [4.69, 9.17) is 16.3 Å². The second kappa shape index (κ2) is 5.80. The van der Waals surface area contributed by atoms with Crippen molar-refractivity contribution in [1.29, 1.82) is 0 Å². The molecule has 1 aromatic heterocycles. The highest BCUT2D eigenvalue weighted by molar-refractivity contribution is 7.13. The Kier molecular flexibility index (Phi) is 4.29. The molecule has 8 heteroatoms. The van der Waals surface area contributed by atoms with Gasteiger partial charge in [-0.05, 0) is 18.2 Å². The van der Waals surface area contributed by atoms with Crippen molar-refractivity contribution >= 4 is 28.7 Å². The minimum Gasteiger partial charge on any atom is -0.485 e. The van der Waals surface area contributed by atoms with Crippen LogP contribution in [0.4, 0.5) is 13.2 Å². The van der Waals surface area contributed by atoms with Crippen molar-refractivity contribution in [3.8, 4) is 5.75 Å². The summed E-state index contributed by atoms with van der Waals surface area (Å²) in [5, 5.41) is -0.615. The van der Waals surface area contributed by atoms with Gasteiger partial charge in [0.05, 0.1) is 4.88 Å². The van der Waals surface area contributed by atoms with E-state index >= 15 is 0 Å². The van der Waals surface area contributed by atoms with Gasteiger partial charge in [-0.3, -0.25) is 4.79 Å². The van der Waals surface area contributed by atoms with Gasteiger partial charge in [-0.15, -0.1) is 11.3 Å². The molecule has 0 aliphatic heterocycles. The summed E-state index contributed by atoms with van der Waals surface area (Å²) < 4.78 is 42.2. The lowest BCUT2D eigenvalue weighted by molar-refractivity contribution is -0.137. The van der Waals surface area contributed by atoms with Gasteiger partial charge in [0.25, 0.3) is 0 Å². The number of carbonyl (C=O) groups excluding carboxylic acids is 1. The summed E-state index contributed by atoms with van der Waals surface area (Å²) in [6, 6.07) is 6.36. The minimum atomic E-state index is -4.54. The predicted octanol–water partition coefficient (Wildman–Crippen LogP) is 4.08. The quantitative estimate of drug-likeness (QED) is 0.797. The monoisotopic (exact) mass is 321 g/mol. The maximum absolute atomic E-state index is 12.4. The molecule has 106 valence electrons. The Hall–Kier alpha value is -1.60. The number of nitrogens with zero attached hydrogens (tertiary/aromatic N) is 1. The van der Waals surface area contributed by atoms with Crippen LogP contribution in [0.3, 0.4) is 0 Å². The molecule has 2 aromatic rings. The van der Waals surface area contributed by atoms with Crippen LogP contribution in [0.25, 0.3) is 0 Å². The molecule has 0 saturated carbocycles. The van der Waals surface area contributed by atoms with E-state index < -0.39 is 17.0 Å². The summed E-state index contributed by atoms with van der Waals surface area (Å²) in [5.74, 6) is -0.204. The third-order valence-electron chi connectivity index (χ3n) is 2.19. The number of thiazole rings is 1. The maximum atomic E-state index is 12.4. The number of hydrogen-bond acceptors (Lipinski definition) is 4. The zero-order chi connectivity index (χ0) is 14.8. The highest BCUT2D eigenvalue weighted by Crippen LogP contribution is 2.32. The lowest BCUT2D eigenvalue weighted by atomic mass is 10.3. The van der Waals surface area contributed by atoms with E-state index in [0.717, 1.165) is 6.20 Å². The number of alkyl halides is 3. The number of aromatic nitrogens is 1. The van der Waals surface area contributed by atoms with E-state index in [-0.39, 0.29) is 11.5 Å². The van der Waals surface area contributed by atoms with Crippen LogP contribution >= 0.6 is 22.9 Å². The number of ketones is 1. The Bertz CT molecular complexity index is 627. The van der Waals surface area contributed by atoms with Crippen molar-refractivity contribution < 1.29 is 22.7 Å². The molecule has 3 nitrogen and oxygen atoms in total. The van der Waals surface area contributed by atoms with Crippen molar-refractivity contribution in [1.82, 2.24) is 4.98 Å². The minimum absolute atomic E-state index is 0.0978. The van der Waals surface area contributed by atoms with Gasteiger partial charge in [-0.2, -0.15) is 13.2 Å². The van der Waals surface area contributed by atoms with Crippen molar-refractivity contribution in [2.45, 2.75) is 6.18 Å². The smallest absolute Gasteiger partial charge is 0.443 e. The number of rotatable bonds is 4. The maximum Gasteiger partial charge on any atom is 0.443 e. The molecule has 0 saturated heterocycles. The Balaban J connectivity index is 2.00. The fourth-order valence-electron chi connectivity index (χ4n) is 1.31. The Morgan fingerprint density at radius 2 is 2.15 bits per heavy atom. The summed E-state index contributed by atoms with van der Waals surface area (Å²) in [6.07, 6.45) is -3.64. The molecule has 2 rings (SSSR count). The molecule has 20 heavy (non-hydrogen) atoms. The first kappa shape index (κ1) is 14.8. The van der Waals surface area contributed by atoms with Gasteiger partial charge in [0, 0.05) is 11.2 Å². The largest absolute Gasteiger partial charge is 0.485 e. The van der Waals surface area contributed by atoms with E-state index in [1.54, 1.807) is 18.2 Å². The fourth-order valence-corrected chi connectivity index (χ4v) is 2.20. The molecule has 0 bridgehead atoms. The third kappa shape index (κ3) is 3.71. The standard InChI is InChI=1S/C12H7ClF3NO2S/c13-7-2-1-3-8(4-7)19-6-9(18)10-5-17-11(20-10)12(14,15)16/h1-5H,6H2. The van der Waals surface area contributed by atoms with Crippen LogP contribution in [0.1, 0.15) is 14.7 Å². The van der Waals surface area contributed by atoms with Crippen LogP contribution < -0.4 is 4.74 Å². The number of Topliss-reactive ketones (excluding diaryl/α,β-unsaturated/α-hetero) is 1. The highest BCUT2D eigenvalue weighted by atomic mass is 35.5. The molecular formula is C12H7ClF3NO2S. The molecule has 0 aliphatic carbocycles. The zero-order valence-corrected chi connectivity index (χ0v) is 11.4. The van der Waals surface area contributed by atoms with Gasteiger partial charge in [0.15, 0.2) is 11.6 Å². The molecule has 0 N–H and O–H groups in total. The second-order valence-electron chi connectivity index (χ2n) is 3.70. The Morgan fingerprint density at radius 3 is 2.75 bits per heavy atom. The van der Waals surface area contributed by atoms with E-state index in [0.29, 0.717) is 22.1 Å². The van der Waals surface area contributed by atoms with Gasteiger partial charge in [-0.1, -0.05) is 17.7 Å². The molecule has 1 aromatic carbocycles. The Labute approximate surface area is 121 Å². The summed E-state index contributed by atoms with van der Waals surface area (Å²) in [7, 11) is 0. The summed E-state index contributed by atoms with van der Waals surface area (Å²) in [6.45, 7) is -0.375. The van der Waals surface area contributed by atoms with Crippen molar-refractivity contribution in [3.05, 3.63) is 45.4 Å². The molecule has 0 unspecified atom stereocenters. The topological polar surface area (TPSA) is 39.2 Å². The normalized spacial score (nSPS) is 11.4. The van der Waals surface area contributed by atoms with Crippen molar-refractivity contribution in [3.63, 3.8) is 0 Å². The number of carbonyl (C=O) groups is 1. The molecule has 0 amide bonds. The molecule has 0 aliphatic rings. The predicted molar refractivity (Wildman–Crippen MR) is 68.4 cm³/mol. The van der Waals surface area contributed by atoms with Gasteiger partial charge >= 0.3 is 6.18 Å². The SMILES string of the molecule is O=C(COc1cccc(Cl)c1)c1cnc(C(F)(F)F)s1. The van der Waals surface area contributed by atoms with E-state index in [1.165, 1.54) is 6.07 Å². The van der Waals surface area contributed by atoms with E-state index in [2.05, 4.69) is 4.98 Å². The van der Waals surface area contributed by atoms with Crippen molar-refractivity contribution in [2.75, 3.05) is 6.61 Å². The van der Waals surface area contributed by atoms with Gasteiger partial charge < -0.3 is 4.74 Å². The molecule has 1 heterocycles. The summed E-state index contributed by atoms with van der Waals surface area (Å²) in [4.78, 5) is 14.8. The molecule has 0 atom stereocenters. The van der Waals surface area contributed by atoms with Crippen LogP contribution in [-0.4, -0.2) is 17.4 Å². The van der Waals surface area contributed by atoms with Crippen LogP contribution in [0.5, 0.6) is 5.75 Å². The molecule has 0 fully saturated rings. The second-order valence-corrected chi connectivity index (χ2v) is 5.16. The molecular weight excluding hydrogens is 315 g/mol. The molecule has 0 spiro atoms. The average molecular weight is 322 g/mol. The van der Waals surface area contributed by atoms with Crippen LogP contribution in [0.15, 0.2) is 30.5 Å². The number of hydrogen-bond donors (Lipinski definition) is 0. The van der Waals surface area contributed by atoms with Crippen LogP contribution in [0, 0.1) is 0 Å². The number of ether oxygens (including phenoxy) is 1. The average Bonchev–Trinajstić information content (AvgIpc) is 2.85. The first-order valence-corrected chi connectivity index (χ1v) is 6.50. The number of halogens is 4. The van der Waals surface area contributed by atoms with Crippen LogP contribution in [0.2, 0.25) is 5.02 Å². The van der Waals surface area contributed by atoms with Gasteiger partial charge in [0.1, 0.15) is 5.75 Å². The third-order valence-corrected chi connectivity index (χ3v) is 3.51. The lowest BCUT2D eigenvalue weighted by Crippen LogP contribution is -2.10. The summed E-state index contributed by atoms with van der Waals surface area (Å²) >= 11 is 6.03. The van der Waals surface area contributed by atoms with E-state index in [1.807, 2.05) is 0 Å². The molecule has 0 radical (unpaired) electrons.